The molecular weight excluding hydrogens is 314 g/mol. The van der Waals surface area contributed by atoms with E-state index < -0.39 is 29.9 Å². The molecule has 0 aromatic heterocycles. The van der Waals surface area contributed by atoms with E-state index in [-0.39, 0.29) is 5.41 Å². The maximum Gasteiger partial charge on any atom is 0.132 e. The van der Waals surface area contributed by atoms with Gasteiger partial charge in [0.05, 0.1) is 6.10 Å². The summed E-state index contributed by atoms with van der Waals surface area (Å²) in [4.78, 5) is 0. The summed E-state index contributed by atoms with van der Waals surface area (Å²) in [5.74, 6) is 0. The lowest BCUT2D eigenvalue weighted by atomic mass is 9.90. The highest BCUT2D eigenvalue weighted by Crippen LogP contribution is 2.48. The first-order valence-corrected chi connectivity index (χ1v) is 9.83. The van der Waals surface area contributed by atoms with E-state index in [1.807, 2.05) is 0 Å². The Morgan fingerprint density at radius 1 is 1.04 bits per heavy atom. The van der Waals surface area contributed by atoms with E-state index in [9.17, 15) is 15.3 Å². The van der Waals surface area contributed by atoms with Gasteiger partial charge < -0.3 is 25.4 Å². The lowest BCUT2D eigenvalue weighted by Gasteiger charge is -2.41. The molecule has 2 aliphatic carbocycles. The first kappa shape index (κ1) is 18.0. The summed E-state index contributed by atoms with van der Waals surface area (Å²) in [7, 11) is 0. The van der Waals surface area contributed by atoms with E-state index in [4.69, 9.17) is 4.74 Å². The van der Waals surface area contributed by atoms with Gasteiger partial charge in [-0.1, -0.05) is 20.3 Å². The molecule has 0 amide bonds. The zero-order valence-electron chi connectivity index (χ0n) is 14.3. The third-order valence-corrected chi connectivity index (χ3v) is 7.64. The quantitative estimate of drug-likeness (QED) is 0.614. The van der Waals surface area contributed by atoms with Crippen molar-refractivity contribution >= 4 is 11.8 Å². The molecule has 0 aromatic rings. The number of nitrogens with one attached hydrogen (secondary N) is 1. The molecular formula is C17H31NO4S. The van der Waals surface area contributed by atoms with Crippen molar-refractivity contribution in [3.05, 3.63) is 0 Å². The molecule has 3 rings (SSSR count). The zero-order valence-corrected chi connectivity index (χ0v) is 15.1. The Hall–Kier alpha value is 0.150. The zero-order chi connectivity index (χ0) is 16.8. The largest absolute Gasteiger partial charge is 0.388 e. The Kier molecular flexibility index (Phi) is 5.31. The van der Waals surface area contributed by atoms with Gasteiger partial charge in [-0.2, -0.15) is 0 Å². The van der Waals surface area contributed by atoms with Crippen LogP contribution < -0.4 is 5.32 Å². The van der Waals surface area contributed by atoms with Crippen molar-refractivity contribution in [3.8, 4) is 0 Å². The molecule has 23 heavy (non-hydrogen) atoms. The summed E-state index contributed by atoms with van der Waals surface area (Å²) in [5.41, 5.74) is -0.311. The van der Waals surface area contributed by atoms with Gasteiger partial charge in [-0.05, 0) is 38.0 Å². The summed E-state index contributed by atoms with van der Waals surface area (Å²) in [5, 5.41) is 34.2. The lowest BCUT2D eigenvalue weighted by molar-refractivity contribution is -0.192. The Labute approximate surface area is 143 Å². The molecule has 1 aliphatic heterocycles. The van der Waals surface area contributed by atoms with Crippen LogP contribution in [0.5, 0.6) is 0 Å². The second kappa shape index (κ2) is 6.81. The molecule has 0 spiro atoms. The topological polar surface area (TPSA) is 82.0 Å². The molecule has 6 heteroatoms. The standard InChI is InChI=1S/C17H31NO4S/c1-9-13(19)14(20)15(21)16(22-9)23-12-7-11(8-17(12,2)3)18-10-5-4-6-10/h9-16,18-21H,4-8H2,1-3H3/t9-,11-,12+,13+,14+,15-,16-/m0/s1. The number of ether oxygens (including phenoxy) is 1. The Morgan fingerprint density at radius 2 is 1.74 bits per heavy atom. The predicted octanol–water partition coefficient (Wildman–Crippen LogP) is 1.25. The van der Waals surface area contributed by atoms with Crippen LogP contribution in [0.25, 0.3) is 0 Å². The van der Waals surface area contributed by atoms with Crippen LogP contribution in [0, 0.1) is 5.41 Å². The average Bonchev–Trinajstić information content (AvgIpc) is 2.72. The van der Waals surface area contributed by atoms with Crippen molar-refractivity contribution in [3.63, 3.8) is 0 Å². The van der Waals surface area contributed by atoms with Crippen LogP contribution in [-0.2, 0) is 4.74 Å². The van der Waals surface area contributed by atoms with Gasteiger partial charge in [-0.3, -0.25) is 0 Å². The van der Waals surface area contributed by atoms with Gasteiger partial charge in [0.2, 0.25) is 0 Å². The molecule has 1 heterocycles. The number of rotatable bonds is 4. The number of hydrogen-bond donors (Lipinski definition) is 4. The van der Waals surface area contributed by atoms with E-state index in [0.717, 1.165) is 12.8 Å². The number of hydrogen-bond acceptors (Lipinski definition) is 6. The molecule has 1 saturated heterocycles. The van der Waals surface area contributed by atoms with Gasteiger partial charge in [0.15, 0.2) is 0 Å². The van der Waals surface area contributed by atoms with Crippen molar-refractivity contribution in [2.24, 2.45) is 5.41 Å². The third-order valence-electron chi connectivity index (χ3n) is 5.83. The summed E-state index contributed by atoms with van der Waals surface area (Å²) in [6.45, 7) is 6.29. The maximum atomic E-state index is 10.2. The Balaban J connectivity index is 1.59. The molecule has 3 aliphatic rings. The minimum absolute atomic E-state index is 0.166. The van der Waals surface area contributed by atoms with Crippen LogP contribution in [0.2, 0.25) is 0 Å². The van der Waals surface area contributed by atoms with E-state index in [1.54, 1.807) is 18.7 Å². The van der Waals surface area contributed by atoms with Crippen molar-refractivity contribution in [1.82, 2.24) is 5.32 Å². The molecule has 3 fully saturated rings. The summed E-state index contributed by atoms with van der Waals surface area (Å²) in [6, 6.07) is 1.22. The van der Waals surface area contributed by atoms with Gasteiger partial charge >= 0.3 is 0 Å². The fourth-order valence-electron chi connectivity index (χ4n) is 3.99. The highest BCUT2D eigenvalue weighted by Gasteiger charge is 2.47. The molecule has 0 aromatic carbocycles. The monoisotopic (exact) mass is 345 g/mol. The molecule has 4 N–H and O–H groups in total. The second-order valence-electron chi connectivity index (χ2n) is 8.23. The van der Waals surface area contributed by atoms with Gasteiger partial charge in [-0.25, -0.2) is 0 Å². The smallest absolute Gasteiger partial charge is 0.132 e. The van der Waals surface area contributed by atoms with E-state index >= 15 is 0 Å². The second-order valence-corrected chi connectivity index (χ2v) is 9.53. The molecule has 0 bridgehead atoms. The Bertz CT molecular complexity index is 417. The van der Waals surface area contributed by atoms with Crippen LogP contribution in [0.1, 0.15) is 52.9 Å². The van der Waals surface area contributed by atoms with Crippen LogP contribution in [0.15, 0.2) is 0 Å². The summed E-state index contributed by atoms with van der Waals surface area (Å²) >= 11 is 1.63. The average molecular weight is 346 g/mol. The fourth-order valence-corrected chi connectivity index (χ4v) is 5.68. The molecule has 2 saturated carbocycles. The highest BCUT2D eigenvalue weighted by atomic mass is 32.2. The maximum absolute atomic E-state index is 10.2. The van der Waals surface area contributed by atoms with Gasteiger partial charge in [0.1, 0.15) is 23.7 Å². The highest BCUT2D eigenvalue weighted by molar-refractivity contribution is 8.00. The first-order valence-electron chi connectivity index (χ1n) is 8.89. The fraction of sp³-hybridized carbons (Fsp3) is 1.00. The van der Waals surface area contributed by atoms with Crippen LogP contribution >= 0.6 is 11.8 Å². The van der Waals surface area contributed by atoms with Crippen molar-refractivity contribution in [2.75, 3.05) is 0 Å². The number of aliphatic hydroxyl groups is 3. The summed E-state index contributed by atoms with van der Waals surface area (Å²) in [6.07, 6.45) is 2.46. The molecule has 134 valence electrons. The predicted molar refractivity (Wildman–Crippen MR) is 91.3 cm³/mol. The van der Waals surface area contributed by atoms with Gasteiger partial charge in [0.25, 0.3) is 0 Å². The van der Waals surface area contributed by atoms with Gasteiger partial charge in [-0.15, -0.1) is 11.8 Å². The lowest BCUT2D eigenvalue weighted by Crippen LogP contribution is -2.56. The molecule has 0 unspecified atom stereocenters. The Morgan fingerprint density at radius 3 is 2.35 bits per heavy atom. The summed E-state index contributed by atoms with van der Waals surface area (Å²) < 4.78 is 5.77. The van der Waals surface area contributed by atoms with E-state index in [0.29, 0.717) is 17.3 Å². The number of thioether (sulfide) groups is 1. The minimum atomic E-state index is -1.13. The molecule has 7 atom stereocenters. The van der Waals surface area contributed by atoms with Gasteiger partial charge in [0, 0.05) is 17.3 Å². The van der Waals surface area contributed by atoms with E-state index in [1.165, 1.54) is 19.3 Å². The normalized spacial score (nSPS) is 47.5. The van der Waals surface area contributed by atoms with Crippen molar-refractivity contribution in [2.45, 2.75) is 100 Å². The van der Waals surface area contributed by atoms with Crippen LogP contribution in [0.4, 0.5) is 0 Å². The van der Waals surface area contributed by atoms with Crippen molar-refractivity contribution in [1.29, 1.82) is 0 Å². The first-order chi connectivity index (χ1) is 10.8. The SMILES string of the molecule is C[C@@H]1O[C@@H](S[C@@H]2C[C@H](NC3CCC3)CC2(C)C)[C@@H](O)[C@H](O)[C@@H]1O. The third kappa shape index (κ3) is 3.72. The van der Waals surface area contributed by atoms with Crippen LogP contribution in [0.3, 0.4) is 0 Å². The molecule has 5 nitrogen and oxygen atoms in total. The number of aliphatic hydroxyl groups excluding tert-OH is 3. The minimum Gasteiger partial charge on any atom is -0.388 e. The van der Waals surface area contributed by atoms with E-state index in [2.05, 4.69) is 19.2 Å². The molecule has 0 radical (unpaired) electrons. The van der Waals surface area contributed by atoms with Crippen LogP contribution in [-0.4, -0.2) is 62.5 Å². The van der Waals surface area contributed by atoms with Crippen molar-refractivity contribution < 1.29 is 20.1 Å².